The number of benzene rings is 2. The van der Waals surface area contributed by atoms with Gasteiger partial charge in [0.15, 0.2) is 0 Å². The van der Waals surface area contributed by atoms with Gasteiger partial charge < -0.3 is 10.6 Å². The lowest BCUT2D eigenvalue weighted by atomic mass is 10.0. The molecule has 1 atom stereocenters. The number of nitrogens with zero attached hydrogens (tertiary/aromatic N) is 2. The number of carbonyl (C=O) groups excluding carboxylic acids is 2. The van der Waals surface area contributed by atoms with Gasteiger partial charge in [-0.25, -0.2) is 4.39 Å². The van der Waals surface area contributed by atoms with Crippen molar-refractivity contribution in [3.63, 3.8) is 0 Å². The van der Waals surface area contributed by atoms with Gasteiger partial charge in [-0.3, -0.25) is 14.6 Å². The zero-order chi connectivity index (χ0) is 21.3. The standard InChI is InChI=1S/C23H19ClFN3O2/c24-16-10-19-18(20(25)11-16)7-8-21(19)28(23(30)14-5-3-9-27-12-14)13-15-4-1-2-6-17(15)22(26)29/h1-6,9-12,21H,7-8,13H2,(H2,26,29)/t21-/m1/s1. The van der Waals surface area contributed by atoms with E-state index >= 15 is 0 Å². The summed E-state index contributed by atoms with van der Waals surface area (Å²) in [6.45, 7) is 0.144. The van der Waals surface area contributed by atoms with Crippen LogP contribution in [0.3, 0.4) is 0 Å². The molecule has 0 spiro atoms. The number of aromatic nitrogens is 1. The third kappa shape index (κ3) is 3.78. The van der Waals surface area contributed by atoms with Crippen LogP contribution in [0, 0.1) is 5.82 Å². The minimum absolute atomic E-state index is 0.144. The number of hydrogen-bond donors (Lipinski definition) is 1. The van der Waals surface area contributed by atoms with Crippen LogP contribution in [0.2, 0.25) is 5.02 Å². The van der Waals surface area contributed by atoms with E-state index < -0.39 is 5.91 Å². The summed E-state index contributed by atoms with van der Waals surface area (Å²) in [5.74, 6) is -1.20. The first-order valence-corrected chi connectivity index (χ1v) is 9.90. The van der Waals surface area contributed by atoms with E-state index in [0.29, 0.717) is 40.7 Å². The SMILES string of the molecule is NC(=O)c1ccccc1CN(C(=O)c1cccnc1)[C@@H]1CCc2c(F)cc(Cl)cc21. The summed E-state index contributed by atoms with van der Waals surface area (Å²) >= 11 is 6.11. The number of carbonyl (C=O) groups is 2. The zero-order valence-corrected chi connectivity index (χ0v) is 16.8. The van der Waals surface area contributed by atoms with Crippen LogP contribution < -0.4 is 5.73 Å². The lowest BCUT2D eigenvalue weighted by molar-refractivity contribution is 0.0655. The van der Waals surface area contributed by atoms with E-state index in [1.807, 2.05) is 0 Å². The van der Waals surface area contributed by atoms with Gasteiger partial charge in [-0.05, 0) is 59.9 Å². The molecular formula is C23H19ClFN3O2. The highest BCUT2D eigenvalue weighted by molar-refractivity contribution is 6.30. The van der Waals surface area contributed by atoms with Crippen molar-refractivity contribution in [1.82, 2.24) is 9.88 Å². The molecule has 3 aromatic rings. The Morgan fingerprint density at radius 1 is 1.20 bits per heavy atom. The summed E-state index contributed by atoms with van der Waals surface area (Å²) < 4.78 is 14.5. The van der Waals surface area contributed by atoms with E-state index in [4.69, 9.17) is 17.3 Å². The lowest BCUT2D eigenvalue weighted by Gasteiger charge is -2.30. The number of fused-ring (bicyclic) bond motifs is 1. The molecule has 0 aliphatic heterocycles. The maximum absolute atomic E-state index is 14.5. The van der Waals surface area contributed by atoms with Crippen LogP contribution in [0.15, 0.2) is 60.9 Å². The van der Waals surface area contributed by atoms with Crippen molar-refractivity contribution in [3.05, 3.63) is 99.6 Å². The molecule has 1 aliphatic carbocycles. The van der Waals surface area contributed by atoms with Gasteiger partial charge >= 0.3 is 0 Å². The summed E-state index contributed by atoms with van der Waals surface area (Å²) in [4.78, 5) is 31.0. The molecule has 1 aromatic heterocycles. The highest BCUT2D eigenvalue weighted by Crippen LogP contribution is 2.40. The lowest BCUT2D eigenvalue weighted by Crippen LogP contribution is -2.34. The van der Waals surface area contributed by atoms with Gasteiger partial charge in [0.25, 0.3) is 5.91 Å². The van der Waals surface area contributed by atoms with Crippen molar-refractivity contribution >= 4 is 23.4 Å². The van der Waals surface area contributed by atoms with Gasteiger partial charge in [-0.2, -0.15) is 0 Å². The molecule has 2 N–H and O–H groups in total. The van der Waals surface area contributed by atoms with Crippen molar-refractivity contribution in [1.29, 1.82) is 0 Å². The van der Waals surface area contributed by atoms with E-state index in [0.717, 1.165) is 0 Å². The van der Waals surface area contributed by atoms with Crippen molar-refractivity contribution in [3.8, 4) is 0 Å². The van der Waals surface area contributed by atoms with Gasteiger partial charge in [0.1, 0.15) is 5.82 Å². The molecule has 152 valence electrons. The Kier molecular flexibility index (Phi) is 5.50. The van der Waals surface area contributed by atoms with Crippen LogP contribution in [0.25, 0.3) is 0 Å². The molecule has 30 heavy (non-hydrogen) atoms. The van der Waals surface area contributed by atoms with Crippen LogP contribution in [-0.4, -0.2) is 21.7 Å². The van der Waals surface area contributed by atoms with E-state index in [9.17, 15) is 14.0 Å². The Morgan fingerprint density at radius 2 is 2.00 bits per heavy atom. The Bertz CT molecular complexity index is 1120. The molecule has 0 fully saturated rings. The van der Waals surface area contributed by atoms with E-state index in [1.165, 1.54) is 12.3 Å². The zero-order valence-electron chi connectivity index (χ0n) is 16.0. The molecular weight excluding hydrogens is 405 g/mol. The summed E-state index contributed by atoms with van der Waals surface area (Å²) in [5, 5.41) is 0.282. The number of pyridine rings is 1. The average molecular weight is 424 g/mol. The number of primary amides is 1. The minimum Gasteiger partial charge on any atom is -0.366 e. The smallest absolute Gasteiger partial charge is 0.256 e. The average Bonchev–Trinajstić information content (AvgIpc) is 3.16. The normalized spacial score (nSPS) is 14.9. The second-order valence-electron chi connectivity index (χ2n) is 7.21. The highest BCUT2D eigenvalue weighted by Gasteiger charge is 2.34. The van der Waals surface area contributed by atoms with Gasteiger partial charge in [0, 0.05) is 29.5 Å². The number of halogens is 2. The molecule has 0 unspecified atom stereocenters. The Hall–Kier alpha value is -3.25. The maximum atomic E-state index is 14.5. The van der Waals surface area contributed by atoms with Crippen molar-refractivity contribution in [2.75, 3.05) is 0 Å². The van der Waals surface area contributed by atoms with Crippen LogP contribution in [0.1, 0.15) is 49.9 Å². The van der Waals surface area contributed by atoms with Crippen LogP contribution in [0.5, 0.6) is 0 Å². The van der Waals surface area contributed by atoms with E-state index in [-0.39, 0.29) is 29.3 Å². The quantitative estimate of drug-likeness (QED) is 0.664. The van der Waals surface area contributed by atoms with Crippen LogP contribution in [0.4, 0.5) is 4.39 Å². The maximum Gasteiger partial charge on any atom is 0.256 e. The van der Waals surface area contributed by atoms with Crippen LogP contribution in [-0.2, 0) is 13.0 Å². The Balaban J connectivity index is 1.79. The third-order valence-electron chi connectivity index (χ3n) is 5.39. The fourth-order valence-electron chi connectivity index (χ4n) is 4.01. The first-order chi connectivity index (χ1) is 14.5. The van der Waals surface area contributed by atoms with Crippen molar-refractivity contribution in [2.45, 2.75) is 25.4 Å². The molecule has 0 saturated heterocycles. The minimum atomic E-state index is -0.569. The molecule has 5 nitrogen and oxygen atoms in total. The Labute approximate surface area is 178 Å². The Morgan fingerprint density at radius 3 is 2.73 bits per heavy atom. The van der Waals surface area contributed by atoms with E-state index in [1.54, 1.807) is 53.6 Å². The monoisotopic (exact) mass is 423 g/mol. The van der Waals surface area contributed by atoms with Crippen molar-refractivity contribution in [2.24, 2.45) is 5.73 Å². The first-order valence-electron chi connectivity index (χ1n) is 9.52. The van der Waals surface area contributed by atoms with E-state index in [2.05, 4.69) is 4.98 Å². The molecule has 2 amide bonds. The largest absolute Gasteiger partial charge is 0.366 e. The third-order valence-corrected chi connectivity index (χ3v) is 5.61. The fourth-order valence-corrected chi connectivity index (χ4v) is 4.22. The predicted octanol–water partition coefficient (Wildman–Crippen LogP) is 4.30. The molecule has 7 heteroatoms. The molecule has 0 radical (unpaired) electrons. The summed E-state index contributed by atoms with van der Waals surface area (Å²) in [6, 6.07) is 12.9. The highest BCUT2D eigenvalue weighted by atomic mass is 35.5. The number of rotatable bonds is 5. The molecule has 0 bridgehead atoms. The number of amides is 2. The van der Waals surface area contributed by atoms with Gasteiger partial charge in [0.05, 0.1) is 11.6 Å². The first kappa shape index (κ1) is 20.0. The second kappa shape index (κ2) is 8.24. The summed E-state index contributed by atoms with van der Waals surface area (Å²) in [7, 11) is 0. The predicted molar refractivity (Wildman–Crippen MR) is 112 cm³/mol. The molecule has 1 aliphatic rings. The fraction of sp³-hybridized carbons (Fsp3) is 0.174. The molecule has 2 aromatic carbocycles. The molecule has 4 rings (SSSR count). The van der Waals surface area contributed by atoms with Crippen molar-refractivity contribution < 1.29 is 14.0 Å². The number of nitrogens with two attached hydrogens (primary N) is 1. The number of hydrogen-bond acceptors (Lipinski definition) is 3. The van der Waals surface area contributed by atoms with Gasteiger partial charge in [0.2, 0.25) is 5.91 Å². The summed E-state index contributed by atoms with van der Waals surface area (Å²) in [5.41, 5.74) is 8.16. The molecule has 0 saturated carbocycles. The topological polar surface area (TPSA) is 76.3 Å². The summed E-state index contributed by atoms with van der Waals surface area (Å²) in [6.07, 6.45) is 4.13. The van der Waals surface area contributed by atoms with Gasteiger partial charge in [-0.15, -0.1) is 0 Å². The van der Waals surface area contributed by atoms with Crippen LogP contribution >= 0.6 is 11.6 Å². The second-order valence-corrected chi connectivity index (χ2v) is 7.64. The van der Waals surface area contributed by atoms with Gasteiger partial charge in [-0.1, -0.05) is 29.8 Å². The molecule has 1 heterocycles.